The van der Waals surface area contributed by atoms with E-state index in [0.29, 0.717) is 33.9 Å². The number of aliphatic hydroxyl groups is 1. The fraction of sp³-hybridized carbons (Fsp3) is 0.400. The maximum absolute atomic E-state index is 14.1. The van der Waals surface area contributed by atoms with Gasteiger partial charge in [-0.25, -0.2) is 0 Å². The second-order valence-electron chi connectivity index (χ2n) is 13.8. The minimum absolute atomic E-state index is 0.0445. The van der Waals surface area contributed by atoms with Gasteiger partial charge in [0.05, 0.1) is 22.2 Å². The number of nitrogens with one attached hydrogen (secondary N) is 2. The number of likely N-dealkylation sites (N-methyl/N-ethyl adjacent to an activating group) is 1. The van der Waals surface area contributed by atoms with Gasteiger partial charge >= 0.3 is 0 Å². The first kappa shape index (κ1) is 26.7. The van der Waals surface area contributed by atoms with Gasteiger partial charge in [0, 0.05) is 53.5 Å². The molecule has 3 aromatic carbocycles. The van der Waals surface area contributed by atoms with Gasteiger partial charge in [-0.1, -0.05) is 52.0 Å². The monoisotopic (exact) mass is 562 g/mol. The summed E-state index contributed by atoms with van der Waals surface area (Å²) < 4.78 is 0. The topological polar surface area (TPSA) is 94.0 Å². The highest BCUT2D eigenvalue weighted by molar-refractivity contribution is 6.52. The van der Waals surface area contributed by atoms with Crippen LogP contribution in [0.4, 0.5) is 17.1 Å². The minimum Gasteiger partial charge on any atom is -0.506 e. The number of carbonyl (C=O) groups excluding carboxylic acids is 2. The van der Waals surface area contributed by atoms with Crippen molar-refractivity contribution in [3.8, 4) is 0 Å². The SMILES string of the molecule is CC(=O)Nc1cc2c(cc1C1=C(O)C(=c3ccc4cccc5c4c3=NC3(CC(C)CC(C)C3)N5)C1=O)C(C)(C)CN2C. The van der Waals surface area contributed by atoms with Gasteiger partial charge in [0.25, 0.3) is 0 Å². The Morgan fingerprint density at radius 1 is 1.10 bits per heavy atom. The van der Waals surface area contributed by atoms with E-state index in [1.165, 1.54) is 13.3 Å². The van der Waals surface area contributed by atoms with Crippen LogP contribution in [0.25, 0.3) is 21.9 Å². The fourth-order valence-electron chi connectivity index (χ4n) is 8.17. The molecular weight excluding hydrogens is 524 g/mol. The fourth-order valence-corrected chi connectivity index (χ4v) is 8.17. The van der Waals surface area contributed by atoms with E-state index in [1.807, 2.05) is 31.3 Å². The van der Waals surface area contributed by atoms with E-state index in [4.69, 9.17) is 4.99 Å². The highest BCUT2D eigenvalue weighted by atomic mass is 16.3. The Balaban J connectivity index is 1.48. The predicted molar refractivity (Wildman–Crippen MR) is 168 cm³/mol. The number of aliphatic hydroxyl groups excluding tert-OH is 1. The smallest absolute Gasteiger partial charge is 0.221 e. The maximum atomic E-state index is 14.1. The van der Waals surface area contributed by atoms with Gasteiger partial charge in [-0.05, 0) is 60.2 Å². The Morgan fingerprint density at radius 2 is 1.83 bits per heavy atom. The number of Topliss-reactive ketones (excluding diaryl/α,β-unsaturated/α-hetero) is 1. The van der Waals surface area contributed by atoms with E-state index in [2.05, 4.69) is 61.4 Å². The first-order chi connectivity index (χ1) is 19.9. The van der Waals surface area contributed by atoms with E-state index in [1.54, 1.807) is 0 Å². The molecule has 1 saturated carbocycles. The lowest BCUT2D eigenvalue weighted by Gasteiger charge is -2.43. The quantitative estimate of drug-likeness (QED) is 0.388. The third-order valence-corrected chi connectivity index (χ3v) is 9.57. The van der Waals surface area contributed by atoms with Gasteiger partial charge in [0.15, 0.2) is 0 Å². The Morgan fingerprint density at radius 3 is 2.52 bits per heavy atom. The molecule has 2 atom stereocenters. The average molecular weight is 563 g/mol. The number of hydrogen-bond donors (Lipinski definition) is 3. The molecule has 1 amide bonds. The van der Waals surface area contributed by atoms with Crippen LogP contribution < -0.4 is 26.1 Å². The molecule has 7 rings (SSSR count). The van der Waals surface area contributed by atoms with Crippen LogP contribution in [-0.2, 0) is 15.0 Å². The maximum Gasteiger partial charge on any atom is 0.221 e. The summed E-state index contributed by atoms with van der Waals surface area (Å²) in [6.07, 6.45) is 3.00. The molecule has 2 aliphatic heterocycles. The van der Waals surface area contributed by atoms with Crippen molar-refractivity contribution in [1.29, 1.82) is 0 Å². The van der Waals surface area contributed by atoms with Crippen molar-refractivity contribution in [3.63, 3.8) is 0 Å². The number of benzene rings is 3. The molecule has 2 aliphatic carbocycles. The summed E-state index contributed by atoms with van der Waals surface area (Å²) in [6.45, 7) is 11.2. The van der Waals surface area contributed by atoms with E-state index < -0.39 is 5.66 Å². The number of allylic oxidation sites excluding steroid dienone is 2. The molecule has 2 unspecified atom stereocenters. The zero-order valence-corrected chi connectivity index (χ0v) is 25.2. The Bertz CT molecular complexity index is 1880. The van der Waals surface area contributed by atoms with Gasteiger partial charge < -0.3 is 20.6 Å². The van der Waals surface area contributed by atoms with Crippen molar-refractivity contribution in [2.24, 2.45) is 16.8 Å². The molecule has 0 saturated heterocycles. The summed E-state index contributed by atoms with van der Waals surface area (Å²) in [5, 5.41) is 21.8. The van der Waals surface area contributed by atoms with Crippen LogP contribution in [0.1, 0.15) is 65.0 Å². The first-order valence-electron chi connectivity index (χ1n) is 15.0. The third-order valence-electron chi connectivity index (χ3n) is 9.57. The molecule has 3 N–H and O–H groups in total. The van der Waals surface area contributed by atoms with Crippen LogP contribution in [0.15, 0.2) is 53.2 Å². The second kappa shape index (κ2) is 8.93. The summed E-state index contributed by atoms with van der Waals surface area (Å²) in [7, 11) is 2.03. The van der Waals surface area contributed by atoms with E-state index >= 15 is 0 Å². The summed E-state index contributed by atoms with van der Waals surface area (Å²) in [5.74, 6) is 0.532. The largest absolute Gasteiger partial charge is 0.506 e. The number of nitrogens with zero attached hydrogens (tertiary/aromatic N) is 2. The predicted octanol–water partition coefficient (Wildman–Crippen LogP) is 5.43. The molecule has 42 heavy (non-hydrogen) atoms. The molecule has 7 nitrogen and oxygen atoms in total. The molecular formula is C35H38N4O3. The lowest BCUT2D eigenvalue weighted by Crippen LogP contribution is -2.49. The number of carbonyl (C=O) groups is 2. The normalized spacial score (nSPS) is 27.0. The summed E-state index contributed by atoms with van der Waals surface area (Å²) >= 11 is 0. The molecule has 0 bridgehead atoms. The van der Waals surface area contributed by atoms with Crippen LogP contribution in [-0.4, -0.2) is 36.1 Å². The van der Waals surface area contributed by atoms with Crippen LogP contribution in [0, 0.1) is 11.8 Å². The Kier molecular flexibility index (Phi) is 5.69. The molecule has 7 heteroatoms. The molecule has 2 heterocycles. The molecule has 1 spiro atoms. The standard InChI is InChI=1S/C35H38N4O3/c1-18-12-19(2)16-35(15-18)37-25-9-7-8-21-10-11-22(31(38-35)28(21)25)29-32(41)30(33(29)42)23-13-24-27(14-26(23)36-20(3)40)39(6)17-34(24,4)5/h7-11,13-14,18-19,37,41H,12,15-17H2,1-6H3,(H,36,40). The molecule has 1 fully saturated rings. The lowest BCUT2D eigenvalue weighted by atomic mass is 9.75. The lowest BCUT2D eigenvalue weighted by molar-refractivity contribution is -0.114. The highest BCUT2D eigenvalue weighted by Crippen LogP contribution is 2.47. The number of fused-ring (bicyclic) bond motifs is 1. The summed E-state index contributed by atoms with van der Waals surface area (Å²) in [5.41, 5.74) is 4.16. The average Bonchev–Trinajstić information content (AvgIpc) is 3.11. The van der Waals surface area contributed by atoms with Crippen molar-refractivity contribution in [2.75, 3.05) is 29.1 Å². The van der Waals surface area contributed by atoms with Gasteiger partial charge in [0.1, 0.15) is 11.4 Å². The molecule has 0 radical (unpaired) electrons. The van der Waals surface area contributed by atoms with E-state index in [9.17, 15) is 14.7 Å². The number of amides is 1. The van der Waals surface area contributed by atoms with Crippen LogP contribution in [0.3, 0.4) is 0 Å². The third kappa shape index (κ3) is 3.89. The van der Waals surface area contributed by atoms with Crippen LogP contribution >= 0.6 is 0 Å². The summed E-state index contributed by atoms with van der Waals surface area (Å²) in [6, 6.07) is 14.0. The minimum atomic E-state index is -0.444. The number of hydrogen-bond acceptors (Lipinski definition) is 6. The Hall–Kier alpha value is -4.13. The molecule has 3 aromatic rings. The zero-order valence-electron chi connectivity index (χ0n) is 25.2. The summed E-state index contributed by atoms with van der Waals surface area (Å²) in [4.78, 5) is 33.8. The van der Waals surface area contributed by atoms with E-state index in [0.717, 1.165) is 52.5 Å². The second-order valence-corrected chi connectivity index (χ2v) is 13.8. The molecule has 216 valence electrons. The van der Waals surface area contributed by atoms with Crippen molar-refractivity contribution in [3.05, 3.63) is 69.9 Å². The van der Waals surface area contributed by atoms with Crippen LogP contribution in [0.5, 0.6) is 0 Å². The first-order valence-corrected chi connectivity index (χ1v) is 15.0. The van der Waals surface area contributed by atoms with Crippen molar-refractivity contribution >= 4 is 50.7 Å². The van der Waals surface area contributed by atoms with Crippen molar-refractivity contribution in [2.45, 2.75) is 65.0 Å². The molecule has 4 aliphatic rings. The van der Waals surface area contributed by atoms with Crippen LogP contribution in [0.2, 0.25) is 0 Å². The number of rotatable bonds is 2. The van der Waals surface area contributed by atoms with Gasteiger partial charge in [-0.15, -0.1) is 0 Å². The Labute approximate surface area is 246 Å². The van der Waals surface area contributed by atoms with Gasteiger partial charge in [-0.2, -0.15) is 0 Å². The van der Waals surface area contributed by atoms with Crippen molar-refractivity contribution in [1.82, 2.24) is 0 Å². The van der Waals surface area contributed by atoms with Gasteiger partial charge in [0.2, 0.25) is 11.7 Å². The van der Waals surface area contributed by atoms with Gasteiger partial charge in [-0.3, -0.25) is 14.6 Å². The highest BCUT2D eigenvalue weighted by Gasteiger charge is 2.42. The van der Waals surface area contributed by atoms with Crippen molar-refractivity contribution < 1.29 is 14.7 Å². The zero-order chi connectivity index (χ0) is 29.7. The molecule has 0 aromatic heterocycles. The number of anilines is 3. The number of ketones is 1. The van der Waals surface area contributed by atoms with E-state index in [-0.39, 0.29) is 28.4 Å².